The van der Waals surface area contributed by atoms with Crippen LogP contribution in [-0.2, 0) is 5.54 Å². The zero-order chi connectivity index (χ0) is 22.2. The van der Waals surface area contributed by atoms with Gasteiger partial charge in [-0.2, -0.15) is 10.1 Å². The second kappa shape index (κ2) is 8.18. The Balaban J connectivity index is 1.98. The van der Waals surface area contributed by atoms with Crippen molar-refractivity contribution in [3.8, 4) is 0 Å². The quantitative estimate of drug-likeness (QED) is 0.648. The van der Waals surface area contributed by atoms with Crippen molar-refractivity contribution in [2.45, 2.75) is 47.1 Å². The molecule has 0 saturated heterocycles. The normalized spacial score (nSPS) is 11.9. The third-order valence-electron chi connectivity index (χ3n) is 4.58. The molecule has 0 aliphatic heterocycles. The van der Waals surface area contributed by atoms with Crippen molar-refractivity contribution in [3.63, 3.8) is 0 Å². The predicted molar refractivity (Wildman–Crippen MR) is 121 cm³/mol. The predicted octanol–water partition coefficient (Wildman–Crippen LogP) is 4.54. The molecule has 2 amide bonds. The van der Waals surface area contributed by atoms with Gasteiger partial charge in [-0.25, -0.2) is 4.68 Å². The Morgan fingerprint density at radius 1 is 1.20 bits per heavy atom. The van der Waals surface area contributed by atoms with E-state index >= 15 is 0 Å². The Kier molecular flexibility index (Phi) is 5.99. The molecule has 0 atom stereocenters. The second-order valence-corrected chi connectivity index (χ2v) is 10.0. The average Bonchev–Trinajstić information content (AvgIpc) is 3.18. The van der Waals surface area contributed by atoms with Gasteiger partial charge in [0.1, 0.15) is 4.70 Å². The van der Waals surface area contributed by atoms with Crippen LogP contribution < -0.4 is 5.32 Å². The van der Waals surface area contributed by atoms with Crippen LogP contribution in [0.25, 0.3) is 10.3 Å². The van der Waals surface area contributed by atoms with Crippen LogP contribution in [0.3, 0.4) is 0 Å². The summed E-state index contributed by atoms with van der Waals surface area (Å²) in [4.78, 5) is 32.0. The molecule has 0 aliphatic rings. The van der Waals surface area contributed by atoms with E-state index in [2.05, 4.69) is 29.2 Å². The van der Waals surface area contributed by atoms with Gasteiger partial charge in [0.15, 0.2) is 16.5 Å². The van der Waals surface area contributed by atoms with Crippen molar-refractivity contribution in [2.24, 2.45) is 5.92 Å². The van der Waals surface area contributed by atoms with E-state index in [0.29, 0.717) is 39.2 Å². The number of anilines is 1. The first-order valence-corrected chi connectivity index (χ1v) is 10.8. The average molecular weight is 428 g/mol. The highest BCUT2D eigenvalue weighted by atomic mass is 32.1. The summed E-state index contributed by atoms with van der Waals surface area (Å²) in [6, 6.07) is 7.35. The molecule has 0 spiro atoms. The number of carbonyl (C=O) groups excluding carboxylic acids is 2. The van der Waals surface area contributed by atoms with Crippen LogP contribution in [0.1, 0.15) is 61.0 Å². The lowest BCUT2D eigenvalue weighted by Gasteiger charge is -2.20. The molecule has 8 heteroatoms. The van der Waals surface area contributed by atoms with Gasteiger partial charge in [-0.3, -0.25) is 14.9 Å². The summed E-state index contributed by atoms with van der Waals surface area (Å²) in [6.45, 7) is 12.8. The number of rotatable bonds is 5. The van der Waals surface area contributed by atoms with E-state index in [1.807, 2.05) is 39.8 Å². The van der Waals surface area contributed by atoms with Crippen LogP contribution in [0.2, 0.25) is 0 Å². The fourth-order valence-corrected chi connectivity index (χ4v) is 4.07. The molecule has 0 fully saturated rings. The van der Waals surface area contributed by atoms with E-state index in [0.717, 1.165) is 5.56 Å². The molecule has 1 aromatic carbocycles. The van der Waals surface area contributed by atoms with Gasteiger partial charge in [-0.1, -0.05) is 42.9 Å². The maximum absolute atomic E-state index is 13.1. The first kappa shape index (κ1) is 22.0. The molecule has 3 rings (SSSR count). The van der Waals surface area contributed by atoms with Crippen molar-refractivity contribution < 1.29 is 9.59 Å². The number of aromatic nitrogens is 3. The zero-order valence-corrected chi connectivity index (χ0v) is 19.4. The van der Waals surface area contributed by atoms with Crippen LogP contribution in [-0.4, -0.2) is 45.1 Å². The maximum Gasteiger partial charge on any atom is 0.275 e. The monoisotopic (exact) mass is 427 g/mol. The van der Waals surface area contributed by atoms with Crippen molar-refractivity contribution in [1.82, 2.24) is 19.7 Å². The standard InChI is InChI=1S/C22H29N5O2S/c1-13(2)12-26(7)20(29)16-17-18(27(25-16)22(4,5)6)23-21(30-17)24-19(28)15-10-8-14(3)9-11-15/h8-11,13H,12H2,1-7H3,(H,23,24,28). The minimum atomic E-state index is -0.361. The molecule has 160 valence electrons. The highest BCUT2D eigenvalue weighted by Gasteiger charge is 2.28. The summed E-state index contributed by atoms with van der Waals surface area (Å²) in [5.74, 6) is -0.0202. The number of hydrogen-bond donors (Lipinski definition) is 1. The van der Waals surface area contributed by atoms with Crippen molar-refractivity contribution in [1.29, 1.82) is 0 Å². The zero-order valence-electron chi connectivity index (χ0n) is 18.6. The molecule has 3 aromatic rings. The van der Waals surface area contributed by atoms with Gasteiger partial charge in [0.2, 0.25) is 0 Å². The lowest BCUT2D eigenvalue weighted by atomic mass is 10.1. The van der Waals surface area contributed by atoms with Gasteiger partial charge in [0.25, 0.3) is 11.8 Å². The van der Waals surface area contributed by atoms with E-state index in [1.54, 1.807) is 28.8 Å². The summed E-state index contributed by atoms with van der Waals surface area (Å²) in [5, 5.41) is 7.91. The molecule has 1 N–H and O–H groups in total. The number of carbonyl (C=O) groups is 2. The van der Waals surface area contributed by atoms with Gasteiger partial charge < -0.3 is 4.90 Å². The lowest BCUT2D eigenvalue weighted by molar-refractivity contribution is 0.0773. The molecule has 0 saturated carbocycles. The molecule has 0 unspecified atom stereocenters. The van der Waals surface area contributed by atoms with Crippen LogP contribution in [0.4, 0.5) is 5.13 Å². The van der Waals surface area contributed by atoms with Gasteiger partial charge in [0.05, 0.1) is 5.54 Å². The summed E-state index contributed by atoms with van der Waals surface area (Å²) < 4.78 is 2.45. The molecule has 30 heavy (non-hydrogen) atoms. The fraction of sp³-hybridized carbons (Fsp3) is 0.455. The molecule has 0 radical (unpaired) electrons. The van der Waals surface area contributed by atoms with E-state index in [-0.39, 0.29) is 17.4 Å². The molecule has 0 bridgehead atoms. The Morgan fingerprint density at radius 3 is 2.40 bits per heavy atom. The van der Waals surface area contributed by atoms with E-state index < -0.39 is 0 Å². The number of amides is 2. The molecular formula is C22H29N5O2S. The van der Waals surface area contributed by atoms with Crippen LogP contribution >= 0.6 is 11.3 Å². The minimum Gasteiger partial charge on any atom is -0.340 e. The number of thiazole rings is 1. The van der Waals surface area contributed by atoms with E-state index in [1.165, 1.54) is 11.3 Å². The highest BCUT2D eigenvalue weighted by molar-refractivity contribution is 7.22. The molecule has 2 aromatic heterocycles. The largest absolute Gasteiger partial charge is 0.340 e. The van der Waals surface area contributed by atoms with Crippen molar-refractivity contribution in [3.05, 3.63) is 41.1 Å². The van der Waals surface area contributed by atoms with E-state index in [4.69, 9.17) is 0 Å². The minimum absolute atomic E-state index is 0.142. The van der Waals surface area contributed by atoms with Gasteiger partial charge in [-0.05, 0) is 45.7 Å². The third-order valence-corrected chi connectivity index (χ3v) is 5.55. The summed E-state index contributed by atoms with van der Waals surface area (Å²) in [6.07, 6.45) is 0. The SMILES string of the molecule is Cc1ccc(C(=O)Nc2nc3c(s2)c(C(=O)N(C)CC(C)C)nn3C(C)(C)C)cc1. The topological polar surface area (TPSA) is 80.1 Å². The number of aryl methyl sites for hydroxylation is 1. The number of fused-ring (bicyclic) bond motifs is 1. The first-order chi connectivity index (χ1) is 14.0. The van der Waals surface area contributed by atoms with Crippen molar-refractivity contribution in [2.75, 3.05) is 18.9 Å². The molecule has 7 nitrogen and oxygen atoms in total. The van der Waals surface area contributed by atoms with Crippen LogP contribution in [0, 0.1) is 12.8 Å². The smallest absolute Gasteiger partial charge is 0.275 e. The Labute approximate surface area is 181 Å². The van der Waals surface area contributed by atoms with Gasteiger partial charge in [0, 0.05) is 19.2 Å². The third kappa shape index (κ3) is 4.53. The Bertz CT molecular complexity index is 1070. The number of benzene rings is 1. The molecule has 2 heterocycles. The summed E-state index contributed by atoms with van der Waals surface area (Å²) >= 11 is 1.28. The maximum atomic E-state index is 13.1. The summed E-state index contributed by atoms with van der Waals surface area (Å²) in [5.41, 5.74) is 2.26. The Morgan fingerprint density at radius 2 is 1.83 bits per heavy atom. The second-order valence-electron chi connectivity index (χ2n) is 9.00. The number of nitrogens with one attached hydrogen (secondary N) is 1. The number of hydrogen-bond acceptors (Lipinski definition) is 5. The van der Waals surface area contributed by atoms with Gasteiger partial charge >= 0.3 is 0 Å². The van der Waals surface area contributed by atoms with Crippen LogP contribution in [0.5, 0.6) is 0 Å². The van der Waals surface area contributed by atoms with Gasteiger partial charge in [-0.15, -0.1) is 0 Å². The molecular weight excluding hydrogens is 398 g/mol. The summed E-state index contributed by atoms with van der Waals surface area (Å²) in [7, 11) is 1.78. The van der Waals surface area contributed by atoms with Crippen LogP contribution in [0.15, 0.2) is 24.3 Å². The first-order valence-electron chi connectivity index (χ1n) is 10.0. The highest BCUT2D eigenvalue weighted by Crippen LogP contribution is 2.33. The van der Waals surface area contributed by atoms with E-state index in [9.17, 15) is 9.59 Å². The lowest BCUT2D eigenvalue weighted by Crippen LogP contribution is -2.31. The fourth-order valence-electron chi connectivity index (χ4n) is 3.15. The van der Waals surface area contributed by atoms with Crippen molar-refractivity contribution >= 4 is 38.6 Å². The Hall–Kier alpha value is -2.74. The molecule has 0 aliphatic carbocycles. The number of nitrogens with zero attached hydrogens (tertiary/aromatic N) is 4.